The van der Waals surface area contributed by atoms with Crippen LogP contribution in [0.3, 0.4) is 0 Å². The molecule has 1 saturated heterocycles. The van der Waals surface area contributed by atoms with E-state index in [4.69, 9.17) is 9.84 Å². The van der Waals surface area contributed by atoms with Gasteiger partial charge in [-0.05, 0) is 19.4 Å². The van der Waals surface area contributed by atoms with Gasteiger partial charge in [-0.15, -0.1) is 0 Å². The lowest BCUT2D eigenvalue weighted by Gasteiger charge is -2.18. The van der Waals surface area contributed by atoms with Gasteiger partial charge in [-0.25, -0.2) is 9.59 Å². The fourth-order valence-electron chi connectivity index (χ4n) is 1.98. The summed E-state index contributed by atoms with van der Waals surface area (Å²) in [6, 6.07) is -0.511. The Morgan fingerprint density at radius 1 is 1.58 bits per heavy atom. The molecular weight excluding hydrogens is 258 g/mol. The number of carbonyl (C=O) groups is 2. The van der Waals surface area contributed by atoms with E-state index >= 15 is 0 Å². The van der Waals surface area contributed by atoms with Crippen molar-refractivity contribution >= 4 is 11.9 Å². The summed E-state index contributed by atoms with van der Waals surface area (Å²) in [5.74, 6) is -3.07. The van der Waals surface area contributed by atoms with E-state index in [1.165, 1.54) is 0 Å². The number of hydrogen-bond acceptors (Lipinski definition) is 8. The van der Waals surface area contributed by atoms with Crippen LogP contribution in [0.5, 0.6) is 0 Å². The van der Waals surface area contributed by atoms with Crippen LogP contribution in [0.2, 0.25) is 0 Å². The first-order valence-electron chi connectivity index (χ1n) is 5.92. The van der Waals surface area contributed by atoms with Crippen molar-refractivity contribution in [2.75, 3.05) is 13.2 Å². The molecular formula is C11H15NO7. The summed E-state index contributed by atoms with van der Waals surface area (Å²) in [5.41, 5.74) is 0. The third kappa shape index (κ3) is 2.70. The molecule has 1 fully saturated rings. The summed E-state index contributed by atoms with van der Waals surface area (Å²) in [5, 5.41) is 30.7. The monoisotopic (exact) mass is 273 g/mol. The van der Waals surface area contributed by atoms with Gasteiger partial charge in [0.25, 0.3) is 0 Å². The van der Waals surface area contributed by atoms with E-state index in [0.29, 0.717) is 13.0 Å². The largest absolute Gasteiger partial charge is 0.499 e. The van der Waals surface area contributed by atoms with Gasteiger partial charge in [0.05, 0.1) is 6.61 Å². The molecule has 106 valence electrons. The van der Waals surface area contributed by atoms with Gasteiger partial charge in [-0.3, -0.25) is 0 Å². The van der Waals surface area contributed by atoms with Gasteiger partial charge in [-0.2, -0.15) is 0 Å². The zero-order chi connectivity index (χ0) is 14.0. The molecule has 0 aliphatic carbocycles. The normalized spacial score (nSPS) is 28.4. The van der Waals surface area contributed by atoms with E-state index in [0.717, 1.165) is 6.42 Å². The Balaban J connectivity index is 2.10. The Kier molecular flexibility index (Phi) is 4.03. The molecule has 2 rings (SSSR count). The highest BCUT2D eigenvalue weighted by molar-refractivity contribution is 5.90. The Hall–Kier alpha value is -1.64. The maximum atomic E-state index is 11.8. The maximum Gasteiger partial charge on any atom is 0.378 e. The molecule has 0 aromatic heterocycles. The zero-order valence-electron chi connectivity index (χ0n) is 10.0. The predicted octanol–water partition coefficient (Wildman–Crippen LogP) is -1.67. The van der Waals surface area contributed by atoms with Gasteiger partial charge >= 0.3 is 11.9 Å². The summed E-state index contributed by atoms with van der Waals surface area (Å²) in [4.78, 5) is 23.0. The van der Waals surface area contributed by atoms with E-state index in [1.807, 2.05) is 0 Å². The molecule has 2 aliphatic heterocycles. The Morgan fingerprint density at radius 3 is 2.89 bits per heavy atom. The lowest BCUT2D eigenvalue weighted by atomic mass is 10.2. The number of cyclic esters (lactones) is 1. The summed E-state index contributed by atoms with van der Waals surface area (Å²) in [7, 11) is 0. The second kappa shape index (κ2) is 5.55. The van der Waals surface area contributed by atoms with Crippen molar-refractivity contribution in [1.29, 1.82) is 0 Å². The summed E-state index contributed by atoms with van der Waals surface area (Å²) in [6.45, 7) is -0.0170. The molecule has 0 radical (unpaired) electrons. The smallest absolute Gasteiger partial charge is 0.378 e. The highest BCUT2D eigenvalue weighted by Crippen LogP contribution is 2.25. The minimum atomic E-state index is -1.46. The number of hydrogen-bond donors (Lipinski definition) is 4. The van der Waals surface area contributed by atoms with Crippen molar-refractivity contribution in [3.8, 4) is 0 Å². The topological polar surface area (TPSA) is 125 Å². The molecule has 0 spiro atoms. The molecule has 2 aliphatic rings. The van der Waals surface area contributed by atoms with Crippen LogP contribution in [0.25, 0.3) is 0 Å². The van der Waals surface area contributed by atoms with Crippen molar-refractivity contribution in [3.05, 3.63) is 11.5 Å². The standard InChI is InChI=1S/C11H15NO7/c13-4-6(14)8-9(7(15)11(17)18-8)19-10(16)5-2-1-3-12-5/h5-6,8,12-15H,1-4H2/t5-,6-,8+/m0/s1. The van der Waals surface area contributed by atoms with Gasteiger partial charge in [0.1, 0.15) is 12.1 Å². The number of carbonyl (C=O) groups excluding carboxylic acids is 2. The maximum absolute atomic E-state index is 11.8. The highest BCUT2D eigenvalue weighted by Gasteiger charge is 2.42. The van der Waals surface area contributed by atoms with Crippen LogP contribution in [-0.4, -0.2) is 58.7 Å². The lowest BCUT2D eigenvalue weighted by Crippen LogP contribution is -2.37. The average Bonchev–Trinajstić information content (AvgIpc) is 3.01. The van der Waals surface area contributed by atoms with E-state index in [-0.39, 0.29) is 0 Å². The molecule has 0 amide bonds. The molecule has 0 unspecified atom stereocenters. The number of esters is 2. The summed E-state index contributed by atoms with van der Waals surface area (Å²) < 4.78 is 9.56. The highest BCUT2D eigenvalue weighted by atomic mass is 16.6. The van der Waals surface area contributed by atoms with E-state index < -0.39 is 48.3 Å². The van der Waals surface area contributed by atoms with Crippen molar-refractivity contribution in [3.63, 3.8) is 0 Å². The van der Waals surface area contributed by atoms with E-state index in [9.17, 15) is 19.8 Å². The van der Waals surface area contributed by atoms with Crippen LogP contribution in [0.15, 0.2) is 11.5 Å². The molecule has 0 bridgehead atoms. The molecule has 8 heteroatoms. The number of ether oxygens (including phenoxy) is 2. The van der Waals surface area contributed by atoms with Crippen molar-refractivity contribution in [2.45, 2.75) is 31.1 Å². The van der Waals surface area contributed by atoms with Crippen molar-refractivity contribution < 1.29 is 34.4 Å². The second-order valence-electron chi connectivity index (χ2n) is 4.36. The first-order chi connectivity index (χ1) is 9.04. The number of aliphatic hydroxyl groups excluding tert-OH is 3. The molecule has 2 heterocycles. The summed E-state index contributed by atoms with van der Waals surface area (Å²) in [6.07, 6.45) is -1.42. The van der Waals surface area contributed by atoms with Crippen LogP contribution in [-0.2, 0) is 19.1 Å². The van der Waals surface area contributed by atoms with Crippen molar-refractivity contribution in [1.82, 2.24) is 5.32 Å². The second-order valence-corrected chi connectivity index (χ2v) is 4.36. The SMILES string of the molecule is O=C1O[C@H]([C@@H](O)CO)C(OC(=O)[C@@H]2CCCN2)=C1O. The van der Waals surface area contributed by atoms with E-state index in [2.05, 4.69) is 10.1 Å². The lowest BCUT2D eigenvalue weighted by molar-refractivity contribution is -0.152. The van der Waals surface area contributed by atoms with Crippen LogP contribution in [0.4, 0.5) is 0 Å². The molecule has 0 saturated carbocycles. The fourth-order valence-corrected chi connectivity index (χ4v) is 1.98. The Labute approximate surface area is 108 Å². The molecule has 0 aromatic carbocycles. The minimum Gasteiger partial charge on any atom is -0.499 e. The van der Waals surface area contributed by atoms with Crippen LogP contribution in [0.1, 0.15) is 12.8 Å². The number of nitrogens with one attached hydrogen (secondary N) is 1. The van der Waals surface area contributed by atoms with Crippen LogP contribution < -0.4 is 5.32 Å². The minimum absolute atomic E-state index is 0.453. The van der Waals surface area contributed by atoms with Gasteiger partial charge in [0, 0.05) is 0 Å². The molecule has 19 heavy (non-hydrogen) atoms. The Morgan fingerprint density at radius 2 is 2.32 bits per heavy atom. The van der Waals surface area contributed by atoms with Gasteiger partial charge in [-0.1, -0.05) is 0 Å². The van der Waals surface area contributed by atoms with Gasteiger partial charge in [0.15, 0.2) is 6.10 Å². The molecule has 4 N–H and O–H groups in total. The molecule has 8 nitrogen and oxygen atoms in total. The fraction of sp³-hybridized carbons (Fsp3) is 0.636. The molecule has 0 aromatic rings. The third-order valence-corrected chi connectivity index (χ3v) is 3.01. The van der Waals surface area contributed by atoms with E-state index in [1.54, 1.807) is 0 Å². The first-order valence-corrected chi connectivity index (χ1v) is 5.92. The van der Waals surface area contributed by atoms with Crippen molar-refractivity contribution in [2.24, 2.45) is 0 Å². The number of rotatable bonds is 4. The van der Waals surface area contributed by atoms with Gasteiger partial charge in [0.2, 0.25) is 11.5 Å². The third-order valence-electron chi connectivity index (χ3n) is 3.01. The first kappa shape index (κ1) is 13.8. The average molecular weight is 273 g/mol. The van der Waals surface area contributed by atoms with Crippen LogP contribution >= 0.6 is 0 Å². The molecule has 3 atom stereocenters. The number of aliphatic hydroxyl groups is 3. The zero-order valence-corrected chi connectivity index (χ0v) is 10.0. The predicted molar refractivity (Wildman–Crippen MR) is 59.7 cm³/mol. The quantitative estimate of drug-likeness (QED) is 0.448. The Bertz CT molecular complexity index is 413. The van der Waals surface area contributed by atoms with Crippen LogP contribution in [0, 0.1) is 0 Å². The summed E-state index contributed by atoms with van der Waals surface area (Å²) >= 11 is 0. The van der Waals surface area contributed by atoms with Gasteiger partial charge < -0.3 is 30.1 Å².